The maximum atomic E-state index is 12.9. The van der Waals surface area contributed by atoms with Gasteiger partial charge < -0.3 is 0 Å². The number of benzene rings is 1. The molecule has 0 radical (unpaired) electrons. The van der Waals surface area contributed by atoms with Crippen LogP contribution < -0.4 is 0 Å². The molecular formula is C12H10FN. The fraction of sp³-hybridized carbons (Fsp3) is 0.0833. The van der Waals surface area contributed by atoms with E-state index in [4.69, 9.17) is 0 Å². The quantitative estimate of drug-likeness (QED) is 0.668. The van der Waals surface area contributed by atoms with Crippen LogP contribution in [0.1, 0.15) is 5.56 Å². The Hall–Kier alpha value is -1.70. The second-order valence-electron chi connectivity index (χ2n) is 3.26. The van der Waals surface area contributed by atoms with Crippen molar-refractivity contribution in [1.29, 1.82) is 0 Å². The van der Waals surface area contributed by atoms with E-state index < -0.39 is 0 Å². The van der Waals surface area contributed by atoms with Crippen LogP contribution in [0.2, 0.25) is 0 Å². The third-order valence-corrected chi connectivity index (χ3v) is 2.03. The van der Waals surface area contributed by atoms with Gasteiger partial charge in [0.1, 0.15) is 5.82 Å². The highest BCUT2D eigenvalue weighted by Crippen LogP contribution is 2.19. The van der Waals surface area contributed by atoms with Gasteiger partial charge in [0.05, 0.1) is 0 Å². The van der Waals surface area contributed by atoms with Gasteiger partial charge in [-0.1, -0.05) is 12.1 Å². The van der Waals surface area contributed by atoms with Crippen molar-refractivity contribution in [3.05, 3.63) is 54.1 Å². The number of hydrogen-bond donors (Lipinski definition) is 0. The Balaban J connectivity index is 2.49. The standard InChI is InChI=1S/C12H10FN/c1-9-5-11(8-14-7-9)10-3-2-4-12(13)6-10/h2-8H,1H3. The summed E-state index contributed by atoms with van der Waals surface area (Å²) in [5.41, 5.74) is 2.89. The molecule has 0 spiro atoms. The first-order valence-electron chi connectivity index (χ1n) is 4.43. The van der Waals surface area contributed by atoms with E-state index in [1.807, 2.05) is 19.1 Å². The van der Waals surface area contributed by atoms with Crippen LogP contribution in [0.5, 0.6) is 0 Å². The van der Waals surface area contributed by atoms with Crippen LogP contribution in [0, 0.1) is 12.7 Å². The Bertz CT molecular complexity index is 408. The molecule has 0 aliphatic carbocycles. The van der Waals surface area contributed by atoms with Crippen LogP contribution in [0.4, 0.5) is 4.39 Å². The lowest BCUT2D eigenvalue weighted by Gasteiger charge is -2.01. The lowest BCUT2D eigenvalue weighted by Crippen LogP contribution is -1.83. The lowest BCUT2D eigenvalue weighted by atomic mass is 10.1. The first-order chi connectivity index (χ1) is 6.75. The Labute approximate surface area is 82.2 Å². The summed E-state index contributed by atoms with van der Waals surface area (Å²) in [6.45, 7) is 1.97. The molecule has 14 heavy (non-hydrogen) atoms. The van der Waals surface area contributed by atoms with Gasteiger partial charge >= 0.3 is 0 Å². The molecule has 1 heterocycles. The van der Waals surface area contributed by atoms with E-state index in [1.54, 1.807) is 18.5 Å². The molecule has 0 aliphatic heterocycles. The van der Waals surface area contributed by atoms with Gasteiger partial charge in [-0.3, -0.25) is 4.98 Å². The molecule has 0 N–H and O–H groups in total. The molecule has 1 aromatic carbocycles. The van der Waals surface area contributed by atoms with Gasteiger partial charge in [0.15, 0.2) is 0 Å². The predicted molar refractivity (Wildman–Crippen MR) is 54.4 cm³/mol. The summed E-state index contributed by atoms with van der Waals surface area (Å²) in [4.78, 5) is 4.07. The molecule has 70 valence electrons. The van der Waals surface area contributed by atoms with Crippen LogP contribution in [0.15, 0.2) is 42.7 Å². The van der Waals surface area contributed by atoms with Gasteiger partial charge in [0.25, 0.3) is 0 Å². The van der Waals surface area contributed by atoms with Gasteiger partial charge in [-0.25, -0.2) is 4.39 Å². The molecule has 2 rings (SSSR count). The minimum absolute atomic E-state index is 0.219. The Morgan fingerprint density at radius 3 is 2.64 bits per heavy atom. The van der Waals surface area contributed by atoms with Gasteiger partial charge in [0.2, 0.25) is 0 Å². The summed E-state index contributed by atoms with van der Waals surface area (Å²) in [6.07, 6.45) is 3.52. The molecule has 0 bridgehead atoms. The highest BCUT2D eigenvalue weighted by atomic mass is 19.1. The highest BCUT2D eigenvalue weighted by Gasteiger charge is 1.99. The molecule has 1 aromatic heterocycles. The molecule has 0 unspecified atom stereocenters. The fourth-order valence-corrected chi connectivity index (χ4v) is 1.38. The fourth-order valence-electron chi connectivity index (χ4n) is 1.38. The van der Waals surface area contributed by atoms with Crippen molar-refractivity contribution in [2.24, 2.45) is 0 Å². The van der Waals surface area contributed by atoms with Crippen molar-refractivity contribution in [2.45, 2.75) is 6.92 Å². The number of halogens is 1. The molecule has 1 nitrogen and oxygen atoms in total. The zero-order valence-corrected chi connectivity index (χ0v) is 7.87. The topological polar surface area (TPSA) is 12.9 Å². The zero-order chi connectivity index (χ0) is 9.97. The number of nitrogens with zero attached hydrogens (tertiary/aromatic N) is 1. The second-order valence-corrected chi connectivity index (χ2v) is 3.26. The van der Waals surface area contributed by atoms with Gasteiger partial charge in [0, 0.05) is 18.0 Å². The number of aromatic nitrogens is 1. The molecular weight excluding hydrogens is 177 g/mol. The van der Waals surface area contributed by atoms with Crippen LogP contribution >= 0.6 is 0 Å². The van der Waals surface area contributed by atoms with Gasteiger partial charge in [-0.05, 0) is 36.2 Å². The molecule has 0 fully saturated rings. The molecule has 2 heteroatoms. The first-order valence-corrected chi connectivity index (χ1v) is 4.43. The van der Waals surface area contributed by atoms with Crippen molar-refractivity contribution in [3.8, 4) is 11.1 Å². The average Bonchev–Trinajstić information content (AvgIpc) is 2.18. The van der Waals surface area contributed by atoms with Crippen molar-refractivity contribution in [1.82, 2.24) is 4.98 Å². The van der Waals surface area contributed by atoms with E-state index in [0.717, 1.165) is 16.7 Å². The normalized spacial score (nSPS) is 10.1. The third-order valence-electron chi connectivity index (χ3n) is 2.03. The zero-order valence-electron chi connectivity index (χ0n) is 7.87. The van der Waals surface area contributed by atoms with Crippen LogP contribution in [0.3, 0.4) is 0 Å². The van der Waals surface area contributed by atoms with E-state index in [1.165, 1.54) is 12.1 Å². The molecule has 0 saturated carbocycles. The maximum absolute atomic E-state index is 12.9. The molecule has 0 amide bonds. The van der Waals surface area contributed by atoms with E-state index in [2.05, 4.69) is 4.98 Å². The number of aryl methyl sites for hydroxylation is 1. The molecule has 0 atom stereocenters. The van der Waals surface area contributed by atoms with Crippen molar-refractivity contribution < 1.29 is 4.39 Å². The maximum Gasteiger partial charge on any atom is 0.123 e. The monoisotopic (exact) mass is 187 g/mol. The molecule has 0 aliphatic rings. The molecule has 0 saturated heterocycles. The average molecular weight is 187 g/mol. The Morgan fingerprint density at radius 1 is 1.07 bits per heavy atom. The summed E-state index contributed by atoms with van der Waals surface area (Å²) >= 11 is 0. The Kier molecular flexibility index (Phi) is 2.27. The SMILES string of the molecule is Cc1cncc(-c2cccc(F)c2)c1. The van der Waals surface area contributed by atoms with Crippen molar-refractivity contribution in [3.63, 3.8) is 0 Å². The van der Waals surface area contributed by atoms with Crippen molar-refractivity contribution >= 4 is 0 Å². The predicted octanol–water partition coefficient (Wildman–Crippen LogP) is 3.20. The minimum Gasteiger partial charge on any atom is -0.264 e. The Morgan fingerprint density at radius 2 is 1.93 bits per heavy atom. The van der Waals surface area contributed by atoms with E-state index in [-0.39, 0.29) is 5.82 Å². The van der Waals surface area contributed by atoms with Crippen LogP contribution in [-0.2, 0) is 0 Å². The van der Waals surface area contributed by atoms with Crippen LogP contribution in [-0.4, -0.2) is 4.98 Å². The smallest absolute Gasteiger partial charge is 0.123 e. The van der Waals surface area contributed by atoms with E-state index >= 15 is 0 Å². The second kappa shape index (κ2) is 3.58. The van der Waals surface area contributed by atoms with Crippen LogP contribution in [0.25, 0.3) is 11.1 Å². The summed E-state index contributed by atoms with van der Waals surface area (Å²) in [6, 6.07) is 8.51. The third kappa shape index (κ3) is 1.79. The number of hydrogen-bond acceptors (Lipinski definition) is 1. The number of rotatable bonds is 1. The van der Waals surface area contributed by atoms with E-state index in [0.29, 0.717) is 0 Å². The lowest BCUT2D eigenvalue weighted by molar-refractivity contribution is 0.628. The molecule has 2 aromatic rings. The van der Waals surface area contributed by atoms with Gasteiger partial charge in [-0.2, -0.15) is 0 Å². The largest absolute Gasteiger partial charge is 0.264 e. The van der Waals surface area contributed by atoms with E-state index in [9.17, 15) is 4.39 Å². The summed E-state index contributed by atoms with van der Waals surface area (Å²) in [7, 11) is 0. The summed E-state index contributed by atoms with van der Waals surface area (Å²) in [5, 5.41) is 0. The first kappa shape index (κ1) is 8.88. The summed E-state index contributed by atoms with van der Waals surface area (Å²) < 4.78 is 12.9. The van der Waals surface area contributed by atoms with Gasteiger partial charge in [-0.15, -0.1) is 0 Å². The summed E-state index contributed by atoms with van der Waals surface area (Å²) in [5.74, 6) is -0.219. The minimum atomic E-state index is -0.219. The highest BCUT2D eigenvalue weighted by molar-refractivity contribution is 5.62. The number of pyridine rings is 1. The van der Waals surface area contributed by atoms with Crippen molar-refractivity contribution in [2.75, 3.05) is 0 Å².